The molecule has 0 aromatic carbocycles. The number of nitrogens with zero attached hydrogens (tertiary/aromatic N) is 2. The van der Waals surface area contributed by atoms with Crippen molar-refractivity contribution in [2.45, 2.75) is 18.5 Å². The number of hydrogen-bond donors (Lipinski definition) is 1. The van der Waals surface area contributed by atoms with Gasteiger partial charge in [0.15, 0.2) is 0 Å². The normalized spacial score (nSPS) is 26.4. The Morgan fingerprint density at radius 3 is 3.07 bits per heavy atom. The highest BCUT2D eigenvalue weighted by atomic mass is 32.1. The van der Waals surface area contributed by atoms with Gasteiger partial charge in [0.1, 0.15) is 5.01 Å². The van der Waals surface area contributed by atoms with Crippen molar-refractivity contribution in [1.29, 1.82) is 0 Å². The summed E-state index contributed by atoms with van der Waals surface area (Å²) in [4.78, 5) is 6.68. The largest absolute Gasteiger partial charge is 0.379 e. The Labute approximate surface area is 94.1 Å². The number of aromatic nitrogens is 1. The topological polar surface area (TPSA) is 51.4 Å². The fourth-order valence-electron chi connectivity index (χ4n) is 1.67. The molecule has 2 rings (SSSR count). The van der Waals surface area contributed by atoms with E-state index in [1.54, 1.807) is 11.3 Å². The van der Waals surface area contributed by atoms with Crippen LogP contribution in [-0.4, -0.2) is 37.2 Å². The van der Waals surface area contributed by atoms with Crippen LogP contribution in [0.5, 0.6) is 0 Å². The number of thiazole rings is 1. The molecule has 1 saturated heterocycles. The highest BCUT2D eigenvalue weighted by Gasteiger charge is 2.34. The van der Waals surface area contributed by atoms with Crippen LogP contribution in [0.3, 0.4) is 0 Å². The van der Waals surface area contributed by atoms with E-state index in [-0.39, 0.29) is 5.54 Å². The minimum atomic E-state index is -0.346. The van der Waals surface area contributed by atoms with E-state index in [1.807, 2.05) is 14.1 Å². The first kappa shape index (κ1) is 11.0. The average Bonchev–Trinajstić information content (AvgIpc) is 2.74. The Kier molecular flexibility index (Phi) is 3.06. The zero-order valence-corrected chi connectivity index (χ0v) is 10.0. The first-order chi connectivity index (χ1) is 7.10. The summed E-state index contributed by atoms with van der Waals surface area (Å²) in [5.74, 6) is 0. The van der Waals surface area contributed by atoms with Gasteiger partial charge in [0, 0.05) is 18.5 Å². The van der Waals surface area contributed by atoms with E-state index in [0.717, 1.165) is 30.3 Å². The summed E-state index contributed by atoms with van der Waals surface area (Å²) in [5.41, 5.74) is 6.87. The maximum atomic E-state index is 6.23. The quantitative estimate of drug-likeness (QED) is 0.829. The Balaban J connectivity index is 2.12. The first-order valence-electron chi connectivity index (χ1n) is 5.06. The molecule has 5 heteroatoms. The molecule has 0 bridgehead atoms. The van der Waals surface area contributed by atoms with Gasteiger partial charge in [-0.05, 0) is 20.5 Å². The fraction of sp³-hybridized carbons (Fsp3) is 0.700. The molecule has 84 valence electrons. The number of ether oxygens (including phenoxy) is 1. The second-order valence-corrected chi connectivity index (χ2v) is 5.27. The second-order valence-electron chi connectivity index (χ2n) is 4.32. The summed E-state index contributed by atoms with van der Waals surface area (Å²) in [6.07, 6.45) is 0.873. The van der Waals surface area contributed by atoms with Crippen molar-refractivity contribution < 1.29 is 4.74 Å². The van der Waals surface area contributed by atoms with Crippen LogP contribution in [0.4, 0.5) is 0 Å². The van der Waals surface area contributed by atoms with Crippen molar-refractivity contribution in [3.05, 3.63) is 16.1 Å². The predicted molar refractivity (Wildman–Crippen MR) is 60.8 cm³/mol. The summed E-state index contributed by atoms with van der Waals surface area (Å²) in [5, 5.41) is 3.18. The van der Waals surface area contributed by atoms with Gasteiger partial charge < -0.3 is 15.4 Å². The summed E-state index contributed by atoms with van der Waals surface area (Å²) in [6.45, 7) is 2.22. The first-order valence-corrected chi connectivity index (χ1v) is 5.94. The Bertz CT molecular complexity index is 331. The third-order valence-corrected chi connectivity index (χ3v) is 3.40. The van der Waals surface area contributed by atoms with Crippen LogP contribution in [0.2, 0.25) is 0 Å². The van der Waals surface area contributed by atoms with Gasteiger partial charge in [-0.2, -0.15) is 0 Å². The molecule has 1 aliphatic rings. The monoisotopic (exact) mass is 227 g/mol. The third kappa shape index (κ3) is 2.36. The molecule has 15 heavy (non-hydrogen) atoms. The van der Waals surface area contributed by atoms with E-state index in [1.165, 1.54) is 0 Å². The number of nitrogens with two attached hydrogens (primary N) is 1. The second kappa shape index (κ2) is 4.17. The van der Waals surface area contributed by atoms with E-state index in [4.69, 9.17) is 10.5 Å². The van der Waals surface area contributed by atoms with Gasteiger partial charge in [0.05, 0.1) is 17.8 Å². The standard InChI is InChI=1S/C10H17N3OS/c1-13(2)5-9-12-8(6-15-9)10(11)3-4-14-7-10/h6H,3-5,7,11H2,1-2H3. The van der Waals surface area contributed by atoms with Crippen molar-refractivity contribution in [2.75, 3.05) is 27.3 Å². The SMILES string of the molecule is CN(C)Cc1nc(C2(N)CCOC2)cs1. The Hall–Kier alpha value is -0.490. The minimum Gasteiger partial charge on any atom is -0.379 e. The van der Waals surface area contributed by atoms with Gasteiger partial charge in [-0.1, -0.05) is 0 Å². The third-order valence-electron chi connectivity index (χ3n) is 2.57. The van der Waals surface area contributed by atoms with E-state index in [2.05, 4.69) is 15.3 Å². The summed E-state index contributed by atoms with van der Waals surface area (Å²) < 4.78 is 5.33. The predicted octanol–water partition coefficient (Wildman–Crippen LogP) is 0.779. The van der Waals surface area contributed by atoms with Crippen molar-refractivity contribution in [2.24, 2.45) is 5.73 Å². The van der Waals surface area contributed by atoms with Gasteiger partial charge in [-0.15, -0.1) is 11.3 Å². The minimum absolute atomic E-state index is 0.346. The lowest BCUT2D eigenvalue weighted by Gasteiger charge is -2.18. The van der Waals surface area contributed by atoms with Crippen LogP contribution < -0.4 is 5.73 Å². The van der Waals surface area contributed by atoms with Crippen molar-refractivity contribution >= 4 is 11.3 Å². The van der Waals surface area contributed by atoms with E-state index in [9.17, 15) is 0 Å². The molecule has 0 aliphatic carbocycles. The smallest absolute Gasteiger partial charge is 0.107 e. The maximum absolute atomic E-state index is 6.23. The van der Waals surface area contributed by atoms with E-state index in [0.29, 0.717) is 6.61 Å². The molecule has 0 spiro atoms. The van der Waals surface area contributed by atoms with Gasteiger partial charge in [0.2, 0.25) is 0 Å². The molecule has 0 saturated carbocycles. The highest BCUT2D eigenvalue weighted by Crippen LogP contribution is 2.28. The molecular weight excluding hydrogens is 210 g/mol. The maximum Gasteiger partial charge on any atom is 0.107 e. The van der Waals surface area contributed by atoms with Gasteiger partial charge in [-0.3, -0.25) is 0 Å². The lowest BCUT2D eigenvalue weighted by Crippen LogP contribution is -2.37. The van der Waals surface area contributed by atoms with E-state index >= 15 is 0 Å². The molecule has 2 heterocycles. The molecule has 1 fully saturated rings. The van der Waals surface area contributed by atoms with Crippen LogP contribution in [0.25, 0.3) is 0 Å². The summed E-state index contributed by atoms with van der Waals surface area (Å²) >= 11 is 1.67. The lowest BCUT2D eigenvalue weighted by atomic mass is 9.97. The van der Waals surface area contributed by atoms with Crippen molar-refractivity contribution in [3.8, 4) is 0 Å². The zero-order chi connectivity index (χ0) is 10.9. The van der Waals surface area contributed by atoms with Crippen LogP contribution in [0, 0.1) is 0 Å². The van der Waals surface area contributed by atoms with Crippen LogP contribution >= 0.6 is 11.3 Å². The lowest BCUT2D eigenvalue weighted by molar-refractivity contribution is 0.177. The zero-order valence-electron chi connectivity index (χ0n) is 9.19. The van der Waals surface area contributed by atoms with E-state index < -0.39 is 0 Å². The molecule has 2 N–H and O–H groups in total. The van der Waals surface area contributed by atoms with Crippen LogP contribution in [-0.2, 0) is 16.8 Å². The van der Waals surface area contributed by atoms with Gasteiger partial charge >= 0.3 is 0 Å². The van der Waals surface area contributed by atoms with Crippen LogP contribution in [0.15, 0.2) is 5.38 Å². The van der Waals surface area contributed by atoms with Gasteiger partial charge in [0.25, 0.3) is 0 Å². The Morgan fingerprint density at radius 2 is 2.47 bits per heavy atom. The van der Waals surface area contributed by atoms with Crippen molar-refractivity contribution in [3.63, 3.8) is 0 Å². The number of hydrogen-bond acceptors (Lipinski definition) is 5. The van der Waals surface area contributed by atoms with Gasteiger partial charge in [-0.25, -0.2) is 4.98 Å². The molecule has 1 aliphatic heterocycles. The van der Waals surface area contributed by atoms with Crippen LogP contribution in [0.1, 0.15) is 17.1 Å². The molecule has 1 aromatic heterocycles. The molecule has 1 unspecified atom stereocenters. The summed E-state index contributed by atoms with van der Waals surface area (Å²) in [6, 6.07) is 0. The fourth-order valence-corrected chi connectivity index (χ4v) is 2.68. The highest BCUT2D eigenvalue weighted by molar-refractivity contribution is 7.09. The summed E-state index contributed by atoms with van der Waals surface area (Å²) in [7, 11) is 4.08. The molecular formula is C10H17N3OS. The molecule has 4 nitrogen and oxygen atoms in total. The van der Waals surface area contributed by atoms with Crippen molar-refractivity contribution in [1.82, 2.24) is 9.88 Å². The molecule has 0 amide bonds. The Morgan fingerprint density at radius 1 is 1.67 bits per heavy atom. The molecule has 1 atom stereocenters. The molecule has 0 radical (unpaired) electrons. The molecule has 1 aromatic rings. The average molecular weight is 227 g/mol. The number of rotatable bonds is 3.